The fraction of sp³-hybridized carbons (Fsp3) is 0.217. The molecule has 0 unspecified atom stereocenters. The molecule has 1 fully saturated rings. The number of fused-ring (bicyclic) bond motifs is 1. The number of amides is 2. The number of para-hydroxylation sites is 1. The molecule has 1 aliphatic heterocycles. The number of rotatable bonds is 5. The van der Waals surface area contributed by atoms with Gasteiger partial charge in [0, 0.05) is 18.7 Å². The van der Waals surface area contributed by atoms with Crippen molar-refractivity contribution in [2.75, 3.05) is 18.5 Å². The van der Waals surface area contributed by atoms with Gasteiger partial charge in [0.25, 0.3) is 11.8 Å². The number of carbonyl (C=O) groups excluding carboxylic acids is 2. The third kappa shape index (κ3) is 4.05. The molecule has 3 aromatic rings. The maximum atomic E-state index is 12.7. The van der Waals surface area contributed by atoms with Crippen molar-refractivity contribution < 1.29 is 14.3 Å². The Morgan fingerprint density at radius 3 is 2.54 bits per heavy atom. The van der Waals surface area contributed by atoms with Crippen LogP contribution in [0.2, 0.25) is 0 Å². The monoisotopic (exact) mass is 374 g/mol. The van der Waals surface area contributed by atoms with Crippen LogP contribution in [0.3, 0.4) is 0 Å². The van der Waals surface area contributed by atoms with Crippen molar-refractivity contribution in [1.29, 1.82) is 0 Å². The summed E-state index contributed by atoms with van der Waals surface area (Å²) in [5.74, 6) is -0.463. The minimum atomic E-state index is -0.245. The van der Waals surface area contributed by atoms with E-state index in [2.05, 4.69) is 10.6 Å². The van der Waals surface area contributed by atoms with Crippen LogP contribution in [0.4, 0.5) is 5.69 Å². The molecule has 5 heteroatoms. The molecule has 1 aliphatic rings. The molecule has 142 valence electrons. The molecule has 1 atom stereocenters. The second-order valence-electron chi connectivity index (χ2n) is 6.91. The van der Waals surface area contributed by atoms with Crippen molar-refractivity contribution in [3.63, 3.8) is 0 Å². The number of anilines is 1. The summed E-state index contributed by atoms with van der Waals surface area (Å²) in [4.78, 5) is 25.3. The molecule has 28 heavy (non-hydrogen) atoms. The van der Waals surface area contributed by atoms with E-state index in [0.717, 1.165) is 30.2 Å². The highest BCUT2D eigenvalue weighted by atomic mass is 16.5. The van der Waals surface area contributed by atoms with Gasteiger partial charge in [0.1, 0.15) is 0 Å². The van der Waals surface area contributed by atoms with Crippen LogP contribution in [-0.2, 0) is 4.74 Å². The van der Waals surface area contributed by atoms with E-state index in [9.17, 15) is 9.59 Å². The van der Waals surface area contributed by atoms with Crippen LogP contribution >= 0.6 is 0 Å². The van der Waals surface area contributed by atoms with Gasteiger partial charge in [-0.05, 0) is 47.9 Å². The summed E-state index contributed by atoms with van der Waals surface area (Å²) in [6, 6.07) is 20.5. The Labute approximate surface area is 163 Å². The average Bonchev–Trinajstić information content (AvgIpc) is 3.25. The summed E-state index contributed by atoms with van der Waals surface area (Å²) in [6.45, 7) is 1.23. The van der Waals surface area contributed by atoms with E-state index in [1.54, 1.807) is 30.3 Å². The van der Waals surface area contributed by atoms with E-state index >= 15 is 0 Å². The lowest BCUT2D eigenvalue weighted by Crippen LogP contribution is -2.32. The number of hydrogen-bond acceptors (Lipinski definition) is 3. The number of ether oxygens (including phenoxy) is 1. The highest BCUT2D eigenvalue weighted by Crippen LogP contribution is 2.19. The molecule has 0 aliphatic carbocycles. The lowest BCUT2D eigenvalue weighted by molar-refractivity contribution is 0.0858. The first kappa shape index (κ1) is 18.2. The zero-order valence-corrected chi connectivity index (χ0v) is 15.5. The number of carbonyl (C=O) groups is 2. The van der Waals surface area contributed by atoms with E-state index in [4.69, 9.17) is 4.74 Å². The van der Waals surface area contributed by atoms with Gasteiger partial charge in [0.05, 0.1) is 17.4 Å². The Morgan fingerprint density at radius 2 is 1.71 bits per heavy atom. The van der Waals surface area contributed by atoms with E-state index < -0.39 is 0 Å². The van der Waals surface area contributed by atoms with Crippen molar-refractivity contribution in [3.05, 3.63) is 77.9 Å². The minimum Gasteiger partial charge on any atom is -0.376 e. The van der Waals surface area contributed by atoms with E-state index in [1.807, 2.05) is 36.4 Å². The van der Waals surface area contributed by atoms with Gasteiger partial charge in [-0.15, -0.1) is 0 Å². The van der Waals surface area contributed by atoms with Gasteiger partial charge in [0.15, 0.2) is 0 Å². The molecule has 2 N–H and O–H groups in total. The summed E-state index contributed by atoms with van der Waals surface area (Å²) in [5, 5.41) is 7.85. The summed E-state index contributed by atoms with van der Waals surface area (Å²) >= 11 is 0. The lowest BCUT2D eigenvalue weighted by Gasteiger charge is -2.14. The Balaban J connectivity index is 1.49. The molecule has 0 aromatic heterocycles. The van der Waals surface area contributed by atoms with E-state index in [1.165, 1.54) is 0 Å². The molecule has 2 amide bonds. The van der Waals surface area contributed by atoms with Crippen molar-refractivity contribution in [1.82, 2.24) is 5.32 Å². The van der Waals surface area contributed by atoms with Crippen molar-refractivity contribution in [3.8, 4) is 0 Å². The SMILES string of the molecule is O=C(Nc1ccccc1C(=O)NC[C@@H]1CCCO1)c1ccc2ccccc2c1. The third-order valence-electron chi connectivity index (χ3n) is 4.95. The van der Waals surface area contributed by atoms with Crippen molar-refractivity contribution in [2.45, 2.75) is 18.9 Å². The summed E-state index contributed by atoms with van der Waals surface area (Å²) in [7, 11) is 0. The second-order valence-corrected chi connectivity index (χ2v) is 6.91. The maximum absolute atomic E-state index is 12.7. The van der Waals surface area contributed by atoms with Crippen LogP contribution in [-0.4, -0.2) is 31.1 Å². The molecule has 0 spiro atoms. The molecule has 1 saturated heterocycles. The molecular weight excluding hydrogens is 352 g/mol. The number of benzene rings is 3. The van der Waals surface area contributed by atoms with Gasteiger partial charge < -0.3 is 15.4 Å². The topological polar surface area (TPSA) is 67.4 Å². The summed E-state index contributed by atoms with van der Waals surface area (Å²) < 4.78 is 5.54. The molecule has 5 nitrogen and oxygen atoms in total. The normalized spacial score (nSPS) is 16.1. The first-order valence-corrected chi connectivity index (χ1v) is 9.50. The van der Waals surface area contributed by atoms with Crippen LogP contribution in [0.25, 0.3) is 10.8 Å². The first-order chi connectivity index (χ1) is 13.7. The molecule has 1 heterocycles. The zero-order valence-electron chi connectivity index (χ0n) is 15.5. The quantitative estimate of drug-likeness (QED) is 0.709. The number of hydrogen-bond donors (Lipinski definition) is 2. The lowest BCUT2D eigenvalue weighted by atomic mass is 10.1. The molecule has 0 saturated carbocycles. The molecule has 3 aromatic carbocycles. The third-order valence-corrected chi connectivity index (χ3v) is 4.95. The fourth-order valence-electron chi connectivity index (χ4n) is 3.42. The molecule has 0 radical (unpaired) electrons. The zero-order chi connectivity index (χ0) is 19.3. The second kappa shape index (κ2) is 8.23. The van der Waals surface area contributed by atoms with Gasteiger partial charge in [0.2, 0.25) is 0 Å². The maximum Gasteiger partial charge on any atom is 0.255 e. The van der Waals surface area contributed by atoms with E-state index in [0.29, 0.717) is 23.4 Å². The first-order valence-electron chi connectivity index (χ1n) is 9.50. The van der Waals surface area contributed by atoms with Gasteiger partial charge >= 0.3 is 0 Å². The Kier molecular flexibility index (Phi) is 5.35. The molecule has 4 rings (SSSR count). The van der Waals surface area contributed by atoms with Crippen LogP contribution in [0.5, 0.6) is 0 Å². The Bertz CT molecular complexity index is 1010. The molecule has 0 bridgehead atoms. The van der Waals surface area contributed by atoms with Gasteiger partial charge in [-0.1, -0.05) is 42.5 Å². The Hall–Kier alpha value is -3.18. The minimum absolute atomic E-state index is 0.0725. The largest absolute Gasteiger partial charge is 0.376 e. The predicted octanol–water partition coefficient (Wildman–Crippen LogP) is 4.00. The molecular formula is C23H22N2O3. The number of nitrogens with one attached hydrogen (secondary N) is 2. The van der Waals surface area contributed by atoms with Crippen LogP contribution in [0.1, 0.15) is 33.6 Å². The summed E-state index contributed by atoms with van der Waals surface area (Å²) in [6.07, 6.45) is 2.06. The van der Waals surface area contributed by atoms with Crippen molar-refractivity contribution in [2.24, 2.45) is 0 Å². The van der Waals surface area contributed by atoms with Gasteiger partial charge in [-0.2, -0.15) is 0 Å². The fourth-order valence-corrected chi connectivity index (χ4v) is 3.42. The smallest absolute Gasteiger partial charge is 0.255 e. The standard InChI is InChI=1S/C23H22N2O3/c26-22(18-12-11-16-6-1-2-7-17(16)14-18)25-21-10-4-3-9-20(21)23(27)24-15-19-8-5-13-28-19/h1-4,6-7,9-12,14,19H,5,8,13,15H2,(H,24,27)(H,25,26)/t19-/m0/s1. The van der Waals surface area contributed by atoms with Crippen LogP contribution in [0, 0.1) is 0 Å². The Morgan fingerprint density at radius 1 is 0.929 bits per heavy atom. The average molecular weight is 374 g/mol. The van der Waals surface area contributed by atoms with Gasteiger partial charge in [-0.25, -0.2) is 0 Å². The van der Waals surface area contributed by atoms with E-state index in [-0.39, 0.29) is 17.9 Å². The highest BCUT2D eigenvalue weighted by molar-refractivity contribution is 6.10. The predicted molar refractivity (Wildman–Crippen MR) is 110 cm³/mol. The van der Waals surface area contributed by atoms with Crippen LogP contribution in [0.15, 0.2) is 66.7 Å². The van der Waals surface area contributed by atoms with Gasteiger partial charge in [-0.3, -0.25) is 9.59 Å². The van der Waals surface area contributed by atoms with Crippen molar-refractivity contribution >= 4 is 28.3 Å². The van der Waals surface area contributed by atoms with Crippen LogP contribution < -0.4 is 10.6 Å². The highest BCUT2D eigenvalue weighted by Gasteiger charge is 2.18. The summed E-state index contributed by atoms with van der Waals surface area (Å²) in [5.41, 5.74) is 1.48.